The number of nitrogens with two attached hydrogens (primary N) is 1. The number of hydrogen-bond acceptors (Lipinski definition) is 4. The first-order valence-corrected chi connectivity index (χ1v) is 7.32. The minimum Gasteiger partial charge on any atom is -0.396 e. The Morgan fingerprint density at radius 1 is 1.28 bits per heavy atom. The Kier molecular flexibility index (Phi) is 5.28. The Morgan fingerprint density at radius 2 is 1.83 bits per heavy atom. The molecule has 0 bridgehead atoms. The highest BCUT2D eigenvalue weighted by molar-refractivity contribution is 7.89. The third-order valence-electron chi connectivity index (χ3n) is 2.56. The van der Waals surface area contributed by atoms with Crippen molar-refractivity contribution in [3.8, 4) is 0 Å². The van der Waals surface area contributed by atoms with Crippen molar-refractivity contribution in [1.29, 1.82) is 0 Å². The Balaban J connectivity index is 2.95. The van der Waals surface area contributed by atoms with Crippen molar-refractivity contribution in [3.05, 3.63) is 29.8 Å². The summed E-state index contributed by atoms with van der Waals surface area (Å²) in [5, 5.41) is 9.12. The largest absolute Gasteiger partial charge is 0.396 e. The smallest absolute Gasteiger partial charge is 0.240 e. The van der Waals surface area contributed by atoms with Crippen LogP contribution in [0.15, 0.2) is 29.2 Å². The van der Waals surface area contributed by atoms with Crippen LogP contribution >= 0.6 is 0 Å². The molecule has 1 atom stereocenters. The molecule has 1 aromatic carbocycles. The lowest BCUT2D eigenvalue weighted by atomic mass is 10.0. The predicted octanol–water partition coefficient (Wildman–Crippen LogP) is 0.408. The van der Waals surface area contributed by atoms with Crippen LogP contribution in [-0.2, 0) is 10.0 Å². The molecular formula is C12H20N2O3S. The van der Waals surface area contributed by atoms with Crippen molar-refractivity contribution >= 4 is 10.0 Å². The van der Waals surface area contributed by atoms with Crippen molar-refractivity contribution in [2.75, 3.05) is 13.2 Å². The number of aliphatic hydroxyl groups is 1. The van der Waals surface area contributed by atoms with Crippen LogP contribution < -0.4 is 10.5 Å². The number of nitrogens with one attached hydrogen (secondary N) is 1. The van der Waals surface area contributed by atoms with E-state index in [-0.39, 0.29) is 23.5 Å². The molecule has 0 amide bonds. The molecule has 0 aliphatic heterocycles. The molecule has 0 saturated carbocycles. The highest BCUT2D eigenvalue weighted by atomic mass is 32.2. The summed E-state index contributed by atoms with van der Waals surface area (Å²) in [6.07, 6.45) is 0. The first-order chi connectivity index (χ1) is 8.40. The monoisotopic (exact) mass is 272 g/mol. The molecule has 0 aliphatic carbocycles. The molecule has 0 aliphatic rings. The third-order valence-corrected chi connectivity index (χ3v) is 4.23. The molecule has 6 heteroatoms. The van der Waals surface area contributed by atoms with Crippen molar-refractivity contribution in [1.82, 2.24) is 4.72 Å². The maximum Gasteiger partial charge on any atom is 0.240 e. The summed E-state index contributed by atoms with van der Waals surface area (Å²) in [4.78, 5) is 0.216. The Morgan fingerprint density at radius 3 is 2.22 bits per heavy atom. The van der Waals surface area contributed by atoms with E-state index in [1.807, 2.05) is 0 Å². The van der Waals surface area contributed by atoms with Crippen molar-refractivity contribution in [3.63, 3.8) is 0 Å². The number of benzene rings is 1. The standard InChI is InChI=1S/C12H20N2O3S/c1-9(2)14-18(16,17)12-5-3-10(4-6-12)11(7-13)8-15/h3-6,9,11,14-15H,7-8,13H2,1-2H3. The van der Waals surface area contributed by atoms with Crippen molar-refractivity contribution in [2.45, 2.75) is 30.7 Å². The van der Waals surface area contributed by atoms with E-state index in [0.29, 0.717) is 6.54 Å². The molecule has 1 unspecified atom stereocenters. The van der Waals surface area contributed by atoms with E-state index in [0.717, 1.165) is 5.56 Å². The van der Waals surface area contributed by atoms with Crippen LogP contribution in [0.3, 0.4) is 0 Å². The molecule has 0 fully saturated rings. The van der Waals surface area contributed by atoms with E-state index in [2.05, 4.69) is 4.72 Å². The van der Waals surface area contributed by atoms with E-state index in [4.69, 9.17) is 10.8 Å². The summed E-state index contributed by atoms with van der Waals surface area (Å²) >= 11 is 0. The lowest BCUT2D eigenvalue weighted by molar-refractivity contribution is 0.268. The molecule has 18 heavy (non-hydrogen) atoms. The van der Waals surface area contributed by atoms with Gasteiger partial charge in [0, 0.05) is 18.5 Å². The van der Waals surface area contributed by atoms with E-state index in [9.17, 15) is 8.42 Å². The molecule has 0 heterocycles. The number of aliphatic hydroxyl groups excluding tert-OH is 1. The zero-order valence-corrected chi connectivity index (χ0v) is 11.4. The fourth-order valence-electron chi connectivity index (χ4n) is 1.61. The van der Waals surface area contributed by atoms with Gasteiger partial charge in [-0.3, -0.25) is 0 Å². The summed E-state index contributed by atoms with van der Waals surface area (Å²) in [5.41, 5.74) is 6.35. The van der Waals surface area contributed by atoms with Gasteiger partial charge in [-0.05, 0) is 31.5 Å². The normalized spacial score (nSPS) is 13.8. The van der Waals surface area contributed by atoms with Crippen LogP contribution in [0.25, 0.3) is 0 Å². The molecule has 0 saturated heterocycles. The van der Waals surface area contributed by atoms with Crippen LogP contribution in [0, 0.1) is 0 Å². The number of sulfonamides is 1. The van der Waals surface area contributed by atoms with Gasteiger partial charge in [-0.15, -0.1) is 0 Å². The number of hydrogen-bond donors (Lipinski definition) is 3. The summed E-state index contributed by atoms with van der Waals surface area (Å²) in [7, 11) is -3.46. The second kappa shape index (κ2) is 6.29. The first-order valence-electron chi connectivity index (χ1n) is 5.84. The summed E-state index contributed by atoms with van der Waals surface area (Å²) in [6, 6.07) is 6.27. The molecule has 0 aromatic heterocycles. The van der Waals surface area contributed by atoms with Gasteiger partial charge in [-0.25, -0.2) is 13.1 Å². The molecule has 0 spiro atoms. The van der Waals surface area contributed by atoms with Crippen molar-refractivity contribution < 1.29 is 13.5 Å². The Hall–Kier alpha value is -0.950. The first kappa shape index (κ1) is 15.1. The zero-order chi connectivity index (χ0) is 13.8. The van der Waals surface area contributed by atoms with E-state index in [1.54, 1.807) is 26.0 Å². The van der Waals surface area contributed by atoms with Crippen LogP contribution in [0.1, 0.15) is 25.3 Å². The third kappa shape index (κ3) is 3.78. The number of rotatable bonds is 6. The maximum absolute atomic E-state index is 11.9. The Labute approximate surface area is 108 Å². The van der Waals surface area contributed by atoms with Gasteiger partial charge in [-0.1, -0.05) is 12.1 Å². The fraction of sp³-hybridized carbons (Fsp3) is 0.500. The fourth-order valence-corrected chi connectivity index (χ4v) is 2.86. The highest BCUT2D eigenvalue weighted by Gasteiger charge is 2.16. The van der Waals surface area contributed by atoms with Gasteiger partial charge in [0.1, 0.15) is 0 Å². The van der Waals surface area contributed by atoms with Gasteiger partial charge in [0.15, 0.2) is 0 Å². The second-order valence-electron chi connectivity index (χ2n) is 4.46. The lowest BCUT2D eigenvalue weighted by Gasteiger charge is -2.13. The molecule has 102 valence electrons. The predicted molar refractivity (Wildman–Crippen MR) is 70.8 cm³/mol. The summed E-state index contributed by atoms with van der Waals surface area (Å²) in [6.45, 7) is 3.81. The van der Waals surface area contributed by atoms with Gasteiger partial charge in [0.05, 0.1) is 11.5 Å². The quantitative estimate of drug-likeness (QED) is 0.699. The van der Waals surface area contributed by atoms with Gasteiger partial charge in [0.2, 0.25) is 10.0 Å². The SMILES string of the molecule is CC(C)NS(=O)(=O)c1ccc(C(CN)CO)cc1. The average molecular weight is 272 g/mol. The van der Waals surface area contributed by atoms with Gasteiger partial charge >= 0.3 is 0 Å². The highest BCUT2D eigenvalue weighted by Crippen LogP contribution is 2.17. The van der Waals surface area contributed by atoms with Gasteiger partial charge in [-0.2, -0.15) is 0 Å². The lowest BCUT2D eigenvalue weighted by Crippen LogP contribution is -2.30. The molecular weight excluding hydrogens is 252 g/mol. The zero-order valence-electron chi connectivity index (χ0n) is 10.6. The van der Waals surface area contributed by atoms with Crippen LogP contribution in [-0.4, -0.2) is 32.7 Å². The molecule has 0 radical (unpaired) electrons. The van der Waals surface area contributed by atoms with Crippen LogP contribution in [0.5, 0.6) is 0 Å². The Bertz CT molecular complexity index is 465. The van der Waals surface area contributed by atoms with Gasteiger partial charge in [0.25, 0.3) is 0 Å². The topological polar surface area (TPSA) is 92.4 Å². The average Bonchev–Trinajstić information content (AvgIpc) is 2.29. The van der Waals surface area contributed by atoms with Gasteiger partial charge < -0.3 is 10.8 Å². The van der Waals surface area contributed by atoms with Crippen LogP contribution in [0.4, 0.5) is 0 Å². The second-order valence-corrected chi connectivity index (χ2v) is 6.17. The van der Waals surface area contributed by atoms with E-state index in [1.165, 1.54) is 12.1 Å². The summed E-state index contributed by atoms with van der Waals surface area (Å²) in [5.74, 6) is -0.153. The molecule has 5 nitrogen and oxygen atoms in total. The molecule has 1 rings (SSSR count). The van der Waals surface area contributed by atoms with E-state index < -0.39 is 10.0 Å². The maximum atomic E-state index is 11.9. The minimum absolute atomic E-state index is 0.0488. The molecule has 4 N–H and O–H groups in total. The summed E-state index contributed by atoms with van der Waals surface area (Å²) < 4.78 is 26.3. The molecule has 1 aromatic rings. The van der Waals surface area contributed by atoms with E-state index >= 15 is 0 Å². The van der Waals surface area contributed by atoms with Crippen LogP contribution in [0.2, 0.25) is 0 Å². The van der Waals surface area contributed by atoms with Crippen molar-refractivity contribution in [2.24, 2.45) is 5.73 Å². The minimum atomic E-state index is -3.46.